The van der Waals surface area contributed by atoms with E-state index in [0.29, 0.717) is 31.3 Å². The molecule has 0 fully saturated rings. The molecule has 1 aromatic carbocycles. The van der Waals surface area contributed by atoms with Crippen molar-refractivity contribution in [1.29, 1.82) is 0 Å². The van der Waals surface area contributed by atoms with E-state index in [1.54, 1.807) is 20.3 Å². The fraction of sp³-hybridized carbons (Fsp3) is 0.353. The Labute approximate surface area is 141 Å². The van der Waals surface area contributed by atoms with Gasteiger partial charge in [0.2, 0.25) is 5.95 Å². The second-order valence-electron chi connectivity index (χ2n) is 5.17. The highest BCUT2D eigenvalue weighted by molar-refractivity contribution is 5.92. The average Bonchev–Trinajstić information content (AvgIpc) is 2.60. The molecule has 1 aromatic heterocycles. The Morgan fingerprint density at radius 1 is 1.17 bits per heavy atom. The van der Waals surface area contributed by atoms with Gasteiger partial charge in [0.1, 0.15) is 11.4 Å². The summed E-state index contributed by atoms with van der Waals surface area (Å²) in [6.07, 6.45) is 0. The summed E-state index contributed by atoms with van der Waals surface area (Å²) in [4.78, 5) is 20.8. The van der Waals surface area contributed by atoms with Crippen LogP contribution < -0.4 is 15.4 Å². The monoisotopic (exact) mass is 330 g/mol. The highest BCUT2D eigenvalue weighted by Gasteiger charge is 2.10. The Morgan fingerprint density at radius 2 is 1.92 bits per heavy atom. The van der Waals surface area contributed by atoms with Crippen LogP contribution in [0.15, 0.2) is 30.3 Å². The summed E-state index contributed by atoms with van der Waals surface area (Å²) in [6.45, 7) is 3.35. The minimum absolute atomic E-state index is 0.244. The van der Waals surface area contributed by atoms with Crippen molar-refractivity contribution in [1.82, 2.24) is 15.3 Å². The quantitative estimate of drug-likeness (QED) is 0.718. The summed E-state index contributed by atoms with van der Waals surface area (Å²) in [5.41, 5.74) is 2.03. The van der Waals surface area contributed by atoms with Gasteiger partial charge in [0, 0.05) is 25.9 Å². The second kappa shape index (κ2) is 8.83. The van der Waals surface area contributed by atoms with Crippen LogP contribution in [0.2, 0.25) is 0 Å². The van der Waals surface area contributed by atoms with E-state index in [-0.39, 0.29) is 5.91 Å². The Balaban J connectivity index is 1.97. The Bertz CT molecular complexity index is 674. The molecule has 0 radical (unpaired) electrons. The van der Waals surface area contributed by atoms with Crippen LogP contribution in [0, 0.1) is 6.92 Å². The molecule has 7 nitrogen and oxygen atoms in total. The largest absolute Gasteiger partial charge is 0.497 e. The number of methoxy groups -OCH3 is 2. The molecule has 24 heavy (non-hydrogen) atoms. The third-order valence-corrected chi connectivity index (χ3v) is 3.29. The van der Waals surface area contributed by atoms with Crippen molar-refractivity contribution in [3.05, 3.63) is 47.3 Å². The molecule has 1 heterocycles. The van der Waals surface area contributed by atoms with Gasteiger partial charge in [0.05, 0.1) is 13.7 Å². The predicted octanol–water partition coefficient (Wildman–Crippen LogP) is 1.78. The molecule has 0 unspecified atom stereocenters. The highest BCUT2D eigenvalue weighted by Crippen LogP contribution is 2.11. The molecular weight excluding hydrogens is 308 g/mol. The molecule has 128 valence electrons. The van der Waals surface area contributed by atoms with Crippen molar-refractivity contribution in [2.45, 2.75) is 13.5 Å². The maximum Gasteiger partial charge on any atom is 0.270 e. The third-order valence-electron chi connectivity index (χ3n) is 3.29. The van der Waals surface area contributed by atoms with E-state index in [4.69, 9.17) is 9.47 Å². The summed E-state index contributed by atoms with van der Waals surface area (Å²) in [5, 5.41) is 5.88. The molecule has 0 saturated carbocycles. The van der Waals surface area contributed by atoms with Crippen LogP contribution in [-0.4, -0.2) is 43.2 Å². The van der Waals surface area contributed by atoms with Crippen molar-refractivity contribution in [3.63, 3.8) is 0 Å². The van der Waals surface area contributed by atoms with Gasteiger partial charge in [-0.3, -0.25) is 4.79 Å². The van der Waals surface area contributed by atoms with Gasteiger partial charge in [-0.25, -0.2) is 9.97 Å². The van der Waals surface area contributed by atoms with Crippen molar-refractivity contribution in [2.24, 2.45) is 0 Å². The smallest absolute Gasteiger partial charge is 0.270 e. The van der Waals surface area contributed by atoms with Crippen molar-refractivity contribution < 1.29 is 14.3 Å². The van der Waals surface area contributed by atoms with Gasteiger partial charge in [0.15, 0.2) is 0 Å². The van der Waals surface area contributed by atoms with E-state index in [1.807, 2.05) is 31.2 Å². The Kier molecular flexibility index (Phi) is 6.51. The van der Waals surface area contributed by atoms with Crippen molar-refractivity contribution in [2.75, 3.05) is 32.7 Å². The summed E-state index contributed by atoms with van der Waals surface area (Å²) in [7, 11) is 3.24. The lowest BCUT2D eigenvalue weighted by Gasteiger charge is -2.09. The standard InChI is InChI=1S/C17H22N4O3/c1-12-10-15(21-17(20-12)18-8-9-23-2)16(22)19-11-13-4-6-14(24-3)7-5-13/h4-7,10H,8-9,11H2,1-3H3,(H,19,22)(H,18,20,21). The molecule has 0 spiro atoms. The van der Waals surface area contributed by atoms with Crippen LogP contribution in [0.3, 0.4) is 0 Å². The molecule has 2 rings (SSSR count). The SMILES string of the molecule is COCCNc1nc(C)cc(C(=O)NCc2ccc(OC)cc2)n1. The number of carbonyl (C=O) groups is 1. The number of ether oxygens (including phenoxy) is 2. The lowest BCUT2D eigenvalue weighted by Crippen LogP contribution is -2.24. The molecule has 0 aliphatic heterocycles. The topological polar surface area (TPSA) is 85.4 Å². The van der Waals surface area contributed by atoms with E-state index in [9.17, 15) is 4.79 Å². The average molecular weight is 330 g/mol. The zero-order valence-electron chi connectivity index (χ0n) is 14.1. The van der Waals surface area contributed by atoms with Gasteiger partial charge < -0.3 is 20.1 Å². The van der Waals surface area contributed by atoms with E-state index >= 15 is 0 Å². The molecule has 0 atom stereocenters. The first-order chi connectivity index (χ1) is 11.6. The van der Waals surface area contributed by atoms with Crippen LogP contribution in [0.1, 0.15) is 21.7 Å². The molecule has 0 aliphatic rings. The molecule has 2 N–H and O–H groups in total. The number of nitrogens with one attached hydrogen (secondary N) is 2. The fourth-order valence-electron chi connectivity index (χ4n) is 2.05. The Morgan fingerprint density at radius 3 is 2.58 bits per heavy atom. The van der Waals surface area contributed by atoms with Crippen LogP contribution in [-0.2, 0) is 11.3 Å². The first-order valence-electron chi connectivity index (χ1n) is 7.62. The maximum atomic E-state index is 12.3. The number of rotatable bonds is 8. The summed E-state index contributed by atoms with van der Waals surface area (Å²) >= 11 is 0. The normalized spacial score (nSPS) is 10.3. The van der Waals surface area contributed by atoms with E-state index in [1.165, 1.54) is 0 Å². The van der Waals surface area contributed by atoms with E-state index in [0.717, 1.165) is 17.0 Å². The summed E-state index contributed by atoms with van der Waals surface area (Å²) in [6, 6.07) is 9.18. The first kappa shape index (κ1) is 17.7. The van der Waals surface area contributed by atoms with E-state index < -0.39 is 0 Å². The van der Waals surface area contributed by atoms with Crippen LogP contribution in [0.4, 0.5) is 5.95 Å². The lowest BCUT2D eigenvalue weighted by atomic mass is 10.2. The maximum absolute atomic E-state index is 12.3. The lowest BCUT2D eigenvalue weighted by molar-refractivity contribution is 0.0945. The number of amides is 1. The molecule has 1 amide bonds. The van der Waals surface area contributed by atoms with Gasteiger partial charge in [-0.15, -0.1) is 0 Å². The molecule has 0 saturated heterocycles. The van der Waals surface area contributed by atoms with Crippen LogP contribution in [0.25, 0.3) is 0 Å². The van der Waals surface area contributed by atoms with Crippen LogP contribution >= 0.6 is 0 Å². The zero-order chi connectivity index (χ0) is 17.4. The number of nitrogens with zero attached hydrogens (tertiary/aromatic N) is 2. The van der Waals surface area contributed by atoms with Gasteiger partial charge in [-0.2, -0.15) is 0 Å². The van der Waals surface area contributed by atoms with E-state index in [2.05, 4.69) is 20.6 Å². The van der Waals surface area contributed by atoms with Gasteiger partial charge >= 0.3 is 0 Å². The predicted molar refractivity (Wildman–Crippen MR) is 91.3 cm³/mol. The second-order valence-corrected chi connectivity index (χ2v) is 5.17. The third kappa shape index (κ3) is 5.20. The summed E-state index contributed by atoms with van der Waals surface area (Å²) < 4.78 is 10.1. The van der Waals surface area contributed by atoms with Gasteiger partial charge in [-0.1, -0.05) is 12.1 Å². The molecule has 0 bridgehead atoms. The fourth-order valence-corrected chi connectivity index (χ4v) is 2.05. The number of anilines is 1. The molecular formula is C17H22N4O3. The Hall–Kier alpha value is -2.67. The number of hydrogen-bond acceptors (Lipinski definition) is 6. The molecule has 7 heteroatoms. The number of aromatic nitrogens is 2. The first-order valence-corrected chi connectivity index (χ1v) is 7.62. The minimum atomic E-state index is -0.244. The van der Waals surface area contributed by atoms with Crippen molar-refractivity contribution in [3.8, 4) is 5.75 Å². The molecule has 0 aliphatic carbocycles. The summed E-state index contributed by atoms with van der Waals surface area (Å²) in [5.74, 6) is 0.955. The minimum Gasteiger partial charge on any atom is -0.497 e. The number of hydrogen-bond donors (Lipinski definition) is 2. The number of carbonyl (C=O) groups excluding carboxylic acids is 1. The van der Waals surface area contributed by atoms with Crippen molar-refractivity contribution >= 4 is 11.9 Å². The zero-order valence-corrected chi connectivity index (χ0v) is 14.1. The van der Waals surface area contributed by atoms with Crippen LogP contribution in [0.5, 0.6) is 5.75 Å². The number of benzene rings is 1. The van der Waals surface area contributed by atoms with Gasteiger partial charge in [-0.05, 0) is 30.7 Å². The highest BCUT2D eigenvalue weighted by atomic mass is 16.5. The van der Waals surface area contributed by atoms with Gasteiger partial charge in [0.25, 0.3) is 5.91 Å². The number of aryl methyl sites for hydroxylation is 1. The molecule has 2 aromatic rings.